The van der Waals surface area contributed by atoms with Gasteiger partial charge in [0.2, 0.25) is 0 Å². The quantitative estimate of drug-likeness (QED) is 0.604. The van der Waals surface area contributed by atoms with E-state index in [4.69, 9.17) is 5.84 Å². The molecule has 1 saturated carbocycles. The van der Waals surface area contributed by atoms with E-state index in [1.807, 2.05) is 0 Å². The monoisotopic (exact) mass is 218 g/mol. The summed E-state index contributed by atoms with van der Waals surface area (Å²) in [5, 5.41) is 0. The zero-order valence-corrected chi connectivity index (χ0v) is 10.2. The van der Waals surface area contributed by atoms with Gasteiger partial charge in [-0.15, -0.1) is 0 Å². The van der Waals surface area contributed by atoms with Crippen LogP contribution >= 0.6 is 0 Å². The van der Waals surface area contributed by atoms with Crippen molar-refractivity contribution in [2.24, 2.45) is 17.7 Å². The van der Waals surface area contributed by atoms with Crippen LogP contribution in [0.25, 0.3) is 0 Å². The maximum atomic E-state index is 5.75. The number of benzene rings is 1. The highest BCUT2D eigenvalue weighted by Gasteiger charge is 2.31. The average Bonchev–Trinajstić information content (AvgIpc) is 2.67. The minimum atomic E-state index is 0.317. The van der Waals surface area contributed by atoms with Gasteiger partial charge in [0.15, 0.2) is 0 Å². The third-order valence-corrected chi connectivity index (χ3v) is 3.94. The van der Waals surface area contributed by atoms with E-state index in [1.54, 1.807) is 0 Å². The predicted octanol–water partition coefficient (Wildman–Crippen LogP) is 2.94. The molecule has 16 heavy (non-hydrogen) atoms. The van der Waals surface area contributed by atoms with Gasteiger partial charge in [0, 0.05) is 6.04 Å². The Labute approximate surface area is 98.2 Å². The molecule has 2 heteroatoms. The van der Waals surface area contributed by atoms with Gasteiger partial charge < -0.3 is 0 Å². The van der Waals surface area contributed by atoms with E-state index in [1.165, 1.54) is 30.4 Å². The molecule has 0 aliphatic heterocycles. The van der Waals surface area contributed by atoms with Crippen molar-refractivity contribution in [3.63, 3.8) is 0 Å². The molecule has 0 saturated heterocycles. The minimum Gasteiger partial charge on any atom is -0.271 e. The van der Waals surface area contributed by atoms with E-state index >= 15 is 0 Å². The average molecular weight is 218 g/mol. The van der Waals surface area contributed by atoms with Crippen LogP contribution in [0.4, 0.5) is 0 Å². The van der Waals surface area contributed by atoms with Crippen LogP contribution in [0.2, 0.25) is 0 Å². The largest absolute Gasteiger partial charge is 0.271 e. The Hall–Kier alpha value is -0.860. The Morgan fingerprint density at radius 2 is 2.19 bits per heavy atom. The second kappa shape index (κ2) is 4.98. The second-order valence-corrected chi connectivity index (χ2v) is 5.13. The summed E-state index contributed by atoms with van der Waals surface area (Å²) in [6, 6.07) is 9.00. The maximum Gasteiger partial charge on any atom is 0.0490 e. The Balaban J connectivity index is 2.21. The van der Waals surface area contributed by atoms with Crippen molar-refractivity contribution >= 4 is 0 Å². The van der Waals surface area contributed by atoms with Crippen molar-refractivity contribution in [1.82, 2.24) is 5.43 Å². The molecule has 2 rings (SSSR count). The normalized spacial score (nSPS) is 26.9. The number of rotatable bonds is 3. The van der Waals surface area contributed by atoms with Crippen LogP contribution in [0, 0.1) is 18.8 Å². The maximum absolute atomic E-state index is 5.75. The van der Waals surface area contributed by atoms with E-state index in [2.05, 4.69) is 43.5 Å². The molecule has 3 unspecified atom stereocenters. The summed E-state index contributed by atoms with van der Waals surface area (Å²) in [5.74, 6) is 7.21. The number of hydrogen-bond donors (Lipinski definition) is 2. The summed E-state index contributed by atoms with van der Waals surface area (Å²) in [4.78, 5) is 0. The van der Waals surface area contributed by atoms with E-state index in [9.17, 15) is 0 Å². The summed E-state index contributed by atoms with van der Waals surface area (Å²) < 4.78 is 0. The number of nitrogens with two attached hydrogens (primary N) is 1. The van der Waals surface area contributed by atoms with Crippen LogP contribution in [0.15, 0.2) is 24.3 Å². The van der Waals surface area contributed by atoms with Crippen molar-refractivity contribution in [1.29, 1.82) is 0 Å². The Bertz CT molecular complexity index is 348. The SMILES string of the molecule is Cc1cccc(C(NN)C2CCCC2C)c1. The Kier molecular flexibility index (Phi) is 3.62. The van der Waals surface area contributed by atoms with Crippen LogP contribution in [-0.2, 0) is 0 Å². The zero-order chi connectivity index (χ0) is 11.5. The molecular weight excluding hydrogens is 196 g/mol. The summed E-state index contributed by atoms with van der Waals surface area (Å²) in [5.41, 5.74) is 5.66. The smallest absolute Gasteiger partial charge is 0.0490 e. The third kappa shape index (κ3) is 2.28. The molecule has 0 heterocycles. The highest BCUT2D eigenvalue weighted by atomic mass is 15.2. The molecule has 2 nitrogen and oxygen atoms in total. The predicted molar refractivity (Wildman–Crippen MR) is 67.7 cm³/mol. The van der Waals surface area contributed by atoms with Crippen molar-refractivity contribution in [2.45, 2.75) is 39.2 Å². The van der Waals surface area contributed by atoms with Crippen LogP contribution in [0.3, 0.4) is 0 Å². The molecule has 0 spiro atoms. The standard InChI is InChI=1S/C14H22N2/c1-10-5-3-7-12(9-10)14(16-15)13-8-4-6-11(13)2/h3,5,7,9,11,13-14,16H,4,6,8,15H2,1-2H3. The minimum absolute atomic E-state index is 0.317. The fourth-order valence-electron chi connectivity index (χ4n) is 3.00. The van der Waals surface area contributed by atoms with Crippen LogP contribution in [-0.4, -0.2) is 0 Å². The van der Waals surface area contributed by atoms with Gasteiger partial charge in [0.05, 0.1) is 0 Å². The molecule has 1 aromatic carbocycles. The lowest BCUT2D eigenvalue weighted by molar-refractivity contribution is 0.304. The van der Waals surface area contributed by atoms with Crippen molar-refractivity contribution < 1.29 is 0 Å². The fourth-order valence-corrected chi connectivity index (χ4v) is 3.00. The Morgan fingerprint density at radius 3 is 2.75 bits per heavy atom. The van der Waals surface area contributed by atoms with Gasteiger partial charge in [0.1, 0.15) is 0 Å². The lowest BCUT2D eigenvalue weighted by atomic mass is 9.86. The summed E-state index contributed by atoms with van der Waals surface area (Å²) in [7, 11) is 0. The summed E-state index contributed by atoms with van der Waals surface area (Å²) >= 11 is 0. The number of hydrazine groups is 1. The van der Waals surface area contributed by atoms with Gasteiger partial charge in [-0.25, -0.2) is 0 Å². The van der Waals surface area contributed by atoms with Gasteiger partial charge in [-0.2, -0.15) is 0 Å². The highest BCUT2D eigenvalue weighted by Crippen LogP contribution is 2.39. The first-order valence-electron chi connectivity index (χ1n) is 6.25. The fraction of sp³-hybridized carbons (Fsp3) is 0.571. The number of aryl methyl sites for hydroxylation is 1. The first kappa shape index (κ1) is 11.6. The molecular formula is C14H22N2. The first-order chi connectivity index (χ1) is 7.72. The molecule has 1 fully saturated rings. The van der Waals surface area contributed by atoms with Crippen molar-refractivity contribution in [3.05, 3.63) is 35.4 Å². The number of nitrogens with one attached hydrogen (secondary N) is 1. The van der Waals surface area contributed by atoms with Gasteiger partial charge >= 0.3 is 0 Å². The molecule has 1 aliphatic carbocycles. The molecule has 0 amide bonds. The van der Waals surface area contributed by atoms with E-state index in [0.29, 0.717) is 12.0 Å². The van der Waals surface area contributed by atoms with Gasteiger partial charge in [-0.05, 0) is 30.7 Å². The van der Waals surface area contributed by atoms with Gasteiger partial charge in [-0.1, -0.05) is 49.6 Å². The molecule has 88 valence electrons. The summed E-state index contributed by atoms with van der Waals surface area (Å²) in [6.45, 7) is 4.48. The van der Waals surface area contributed by atoms with Crippen molar-refractivity contribution in [3.8, 4) is 0 Å². The zero-order valence-electron chi connectivity index (χ0n) is 10.2. The highest BCUT2D eigenvalue weighted by molar-refractivity contribution is 5.25. The lowest BCUT2D eigenvalue weighted by Gasteiger charge is -2.27. The van der Waals surface area contributed by atoms with Gasteiger partial charge in [-0.3, -0.25) is 11.3 Å². The molecule has 0 radical (unpaired) electrons. The Morgan fingerprint density at radius 1 is 1.38 bits per heavy atom. The lowest BCUT2D eigenvalue weighted by Crippen LogP contribution is -2.34. The molecule has 1 aliphatic rings. The van der Waals surface area contributed by atoms with Crippen LogP contribution < -0.4 is 11.3 Å². The van der Waals surface area contributed by atoms with E-state index in [-0.39, 0.29) is 0 Å². The van der Waals surface area contributed by atoms with Crippen molar-refractivity contribution in [2.75, 3.05) is 0 Å². The van der Waals surface area contributed by atoms with Crippen LogP contribution in [0.1, 0.15) is 43.4 Å². The van der Waals surface area contributed by atoms with Gasteiger partial charge in [0.25, 0.3) is 0 Å². The first-order valence-corrected chi connectivity index (χ1v) is 6.25. The molecule has 3 atom stereocenters. The second-order valence-electron chi connectivity index (χ2n) is 5.13. The molecule has 3 N–H and O–H groups in total. The molecule has 0 bridgehead atoms. The van der Waals surface area contributed by atoms with Crippen LogP contribution in [0.5, 0.6) is 0 Å². The molecule has 0 aromatic heterocycles. The summed E-state index contributed by atoms with van der Waals surface area (Å²) in [6.07, 6.45) is 3.98. The van der Waals surface area contributed by atoms with E-state index < -0.39 is 0 Å². The van der Waals surface area contributed by atoms with E-state index in [0.717, 1.165) is 5.92 Å². The number of hydrogen-bond acceptors (Lipinski definition) is 2. The topological polar surface area (TPSA) is 38.0 Å². The molecule has 1 aromatic rings. The third-order valence-electron chi connectivity index (χ3n) is 3.94.